The van der Waals surface area contributed by atoms with Gasteiger partial charge in [-0.2, -0.15) is 4.31 Å². The van der Waals surface area contributed by atoms with Crippen LogP contribution in [0.15, 0.2) is 47.4 Å². The van der Waals surface area contributed by atoms with Gasteiger partial charge in [0.15, 0.2) is 12.4 Å². The van der Waals surface area contributed by atoms with E-state index in [2.05, 4.69) is 0 Å². The summed E-state index contributed by atoms with van der Waals surface area (Å²) in [6.45, 7) is 6.04. The number of rotatable bonds is 8. The number of esters is 1. The number of hydrogen-bond donors (Lipinski definition) is 0. The van der Waals surface area contributed by atoms with Crippen LogP contribution in [0.25, 0.3) is 0 Å². The van der Waals surface area contributed by atoms with Gasteiger partial charge in [-0.1, -0.05) is 42.0 Å². The number of aryl methyl sites for hydroxylation is 3. The smallest absolute Gasteiger partial charge is 0.306 e. The molecule has 1 fully saturated rings. The number of Topliss-reactive ketones (excluding diaryl/α,β-unsaturated/α-hetero) is 1. The second-order valence-electron chi connectivity index (χ2n) is 8.50. The second-order valence-corrected chi connectivity index (χ2v) is 10.4. The summed E-state index contributed by atoms with van der Waals surface area (Å²) in [5.41, 5.74) is 3.04. The molecule has 3 rings (SSSR count). The normalized spacial score (nSPS) is 14.6. The first-order chi connectivity index (χ1) is 16.1. The average Bonchev–Trinajstić information content (AvgIpc) is 2.83. The molecule has 182 valence electrons. The lowest BCUT2D eigenvalue weighted by Crippen LogP contribution is -2.50. The van der Waals surface area contributed by atoms with E-state index < -0.39 is 16.0 Å². The molecule has 0 unspecified atom stereocenters. The van der Waals surface area contributed by atoms with E-state index in [0.29, 0.717) is 11.1 Å². The first kappa shape index (κ1) is 25.6. The standard InChI is InChI=1S/C25H30N2O6S/c1-18-5-8-21(9-6-18)22(28)17-33-25(30)11-10-24(29)26-12-14-27(15-13-26)34(31,32)23-16-19(2)4-7-20(23)3/h4-9,16H,10-15,17H2,1-3H3. The number of ether oxygens (including phenoxy) is 1. The fraction of sp³-hybridized carbons (Fsp3) is 0.400. The molecule has 0 aromatic heterocycles. The molecule has 34 heavy (non-hydrogen) atoms. The Balaban J connectivity index is 1.44. The number of sulfonamides is 1. The Morgan fingerprint density at radius 3 is 2.12 bits per heavy atom. The van der Waals surface area contributed by atoms with E-state index in [1.165, 1.54) is 4.31 Å². The lowest BCUT2D eigenvalue weighted by Gasteiger charge is -2.34. The van der Waals surface area contributed by atoms with E-state index in [4.69, 9.17) is 4.74 Å². The summed E-state index contributed by atoms with van der Waals surface area (Å²) >= 11 is 0. The van der Waals surface area contributed by atoms with Crippen molar-refractivity contribution in [3.05, 3.63) is 64.7 Å². The molecular weight excluding hydrogens is 456 g/mol. The van der Waals surface area contributed by atoms with Gasteiger partial charge < -0.3 is 9.64 Å². The van der Waals surface area contributed by atoms with E-state index >= 15 is 0 Å². The molecule has 1 heterocycles. The molecule has 0 bridgehead atoms. The molecule has 1 aliphatic heterocycles. The molecule has 0 atom stereocenters. The summed E-state index contributed by atoms with van der Waals surface area (Å²) in [5.74, 6) is -1.17. The Morgan fingerprint density at radius 2 is 1.47 bits per heavy atom. The number of hydrogen-bond acceptors (Lipinski definition) is 6. The molecule has 1 saturated heterocycles. The van der Waals surface area contributed by atoms with Gasteiger partial charge in [0.05, 0.1) is 11.3 Å². The van der Waals surface area contributed by atoms with E-state index in [-0.39, 0.29) is 62.2 Å². The van der Waals surface area contributed by atoms with E-state index in [1.54, 1.807) is 48.2 Å². The number of carbonyl (C=O) groups is 3. The highest BCUT2D eigenvalue weighted by Crippen LogP contribution is 2.22. The third-order valence-electron chi connectivity index (χ3n) is 5.83. The number of ketones is 1. The Morgan fingerprint density at radius 1 is 0.853 bits per heavy atom. The van der Waals surface area contributed by atoms with Gasteiger partial charge in [0.25, 0.3) is 0 Å². The minimum atomic E-state index is -3.64. The summed E-state index contributed by atoms with van der Waals surface area (Å²) < 4.78 is 32.5. The van der Waals surface area contributed by atoms with Crippen molar-refractivity contribution in [1.29, 1.82) is 0 Å². The highest BCUT2D eigenvalue weighted by molar-refractivity contribution is 7.89. The van der Waals surface area contributed by atoms with Crippen LogP contribution in [0, 0.1) is 20.8 Å². The number of nitrogens with zero attached hydrogens (tertiary/aromatic N) is 2. The molecule has 0 radical (unpaired) electrons. The largest absolute Gasteiger partial charge is 0.457 e. The zero-order valence-electron chi connectivity index (χ0n) is 19.7. The lowest BCUT2D eigenvalue weighted by atomic mass is 10.1. The van der Waals surface area contributed by atoms with Gasteiger partial charge in [0.1, 0.15) is 0 Å². The van der Waals surface area contributed by atoms with Crippen LogP contribution in [-0.2, 0) is 24.3 Å². The molecule has 8 nitrogen and oxygen atoms in total. The molecule has 2 aromatic carbocycles. The van der Waals surface area contributed by atoms with Gasteiger partial charge in [-0.25, -0.2) is 8.42 Å². The number of carbonyl (C=O) groups excluding carboxylic acids is 3. The van der Waals surface area contributed by atoms with Crippen molar-refractivity contribution in [2.45, 2.75) is 38.5 Å². The van der Waals surface area contributed by atoms with Gasteiger partial charge in [-0.05, 0) is 38.0 Å². The molecule has 0 N–H and O–H groups in total. The summed E-state index contributed by atoms with van der Waals surface area (Å²) in [7, 11) is -3.64. The molecular formula is C25H30N2O6S. The third-order valence-corrected chi connectivity index (χ3v) is 7.87. The van der Waals surface area contributed by atoms with Crippen LogP contribution in [0.3, 0.4) is 0 Å². The Hall–Kier alpha value is -3.04. The Bertz CT molecular complexity index is 1170. The van der Waals surface area contributed by atoms with Gasteiger partial charge in [0.2, 0.25) is 15.9 Å². The molecule has 0 aliphatic carbocycles. The summed E-state index contributed by atoms with van der Waals surface area (Å²) in [5, 5.41) is 0. The van der Waals surface area contributed by atoms with Crippen LogP contribution >= 0.6 is 0 Å². The number of amides is 1. The van der Waals surface area contributed by atoms with Crippen LogP contribution in [0.5, 0.6) is 0 Å². The minimum Gasteiger partial charge on any atom is -0.457 e. The van der Waals surface area contributed by atoms with Crippen molar-refractivity contribution in [2.75, 3.05) is 32.8 Å². The van der Waals surface area contributed by atoms with Gasteiger partial charge in [-0.15, -0.1) is 0 Å². The third kappa shape index (κ3) is 6.30. The topological polar surface area (TPSA) is 101 Å². The van der Waals surface area contributed by atoms with Gasteiger partial charge in [-0.3, -0.25) is 14.4 Å². The van der Waals surface area contributed by atoms with Crippen LogP contribution < -0.4 is 0 Å². The van der Waals surface area contributed by atoms with Gasteiger partial charge >= 0.3 is 5.97 Å². The monoisotopic (exact) mass is 486 g/mol. The zero-order valence-corrected chi connectivity index (χ0v) is 20.6. The zero-order chi connectivity index (χ0) is 24.9. The molecule has 2 aromatic rings. The average molecular weight is 487 g/mol. The van der Waals surface area contributed by atoms with Crippen LogP contribution in [-0.4, -0.2) is 68.1 Å². The van der Waals surface area contributed by atoms with Crippen molar-refractivity contribution in [3.8, 4) is 0 Å². The molecule has 9 heteroatoms. The SMILES string of the molecule is Cc1ccc(C(=O)COC(=O)CCC(=O)N2CCN(S(=O)(=O)c3cc(C)ccc3C)CC2)cc1. The predicted molar refractivity (Wildman–Crippen MR) is 127 cm³/mol. The first-order valence-electron chi connectivity index (χ1n) is 11.2. The summed E-state index contributed by atoms with van der Waals surface area (Å²) in [4.78, 5) is 38.4. The van der Waals surface area contributed by atoms with Crippen molar-refractivity contribution in [1.82, 2.24) is 9.21 Å². The van der Waals surface area contributed by atoms with Crippen molar-refractivity contribution < 1.29 is 27.5 Å². The molecule has 1 aliphatic rings. The van der Waals surface area contributed by atoms with Crippen LogP contribution in [0.2, 0.25) is 0 Å². The summed E-state index contributed by atoms with van der Waals surface area (Å²) in [6.07, 6.45) is -0.192. The fourth-order valence-electron chi connectivity index (χ4n) is 3.71. The quantitative estimate of drug-likeness (QED) is 0.420. The second kappa shape index (κ2) is 10.9. The van der Waals surface area contributed by atoms with E-state index in [1.807, 2.05) is 19.9 Å². The number of piperazine rings is 1. The molecule has 1 amide bonds. The Kier molecular flexibility index (Phi) is 8.22. The van der Waals surface area contributed by atoms with Crippen molar-refractivity contribution in [3.63, 3.8) is 0 Å². The van der Waals surface area contributed by atoms with Crippen LogP contribution in [0.1, 0.15) is 39.9 Å². The Labute approximate surface area is 200 Å². The molecule has 0 saturated carbocycles. The van der Waals surface area contributed by atoms with Crippen molar-refractivity contribution >= 4 is 27.7 Å². The first-order valence-corrected chi connectivity index (χ1v) is 12.6. The highest BCUT2D eigenvalue weighted by Gasteiger charge is 2.31. The highest BCUT2D eigenvalue weighted by atomic mass is 32.2. The minimum absolute atomic E-state index is 0.0543. The maximum atomic E-state index is 13.0. The predicted octanol–water partition coefficient (Wildman–Crippen LogP) is 2.65. The van der Waals surface area contributed by atoms with E-state index in [9.17, 15) is 22.8 Å². The van der Waals surface area contributed by atoms with Crippen LogP contribution in [0.4, 0.5) is 0 Å². The van der Waals surface area contributed by atoms with Gasteiger partial charge in [0, 0.05) is 38.2 Å². The molecule has 0 spiro atoms. The van der Waals surface area contributed by atoms with E-state index in [0.717, 1.165) is 11.1 Å². The van der Waals surface area contributed by atoms with Crippen molar-refractivity contribution in [2.24, 2.45) is 0 Å². The maximum Gasteiger partial charge on any atom is 0.306 e. The maximum absolute atomic E-state index is 13.0. The number of benzene rings is 2. The fourth-order valence-corrected chi connectivity index (χ4v) is 5.44. The summed E-state index contributed by atoms with van der Waals surface area (Å²) in [6, 6.07) is 12.3. The lowest BCUT2D eigenvalue weighted by molar-refractivity contribution is -0.145.